The van der Waals surface area contributed by atoms with Crippen molar-refractivity contribution in [2.75, 3.05) is 0 Å². The number of para-hydroxylation sites is 1. The van der Waals surface area contributed by atoms with E-state index in [0.717, 1.165) is 6.07 Å². The molecular weight excluding hydrogens is 349 g/mol. The molecule has 0 atom stereocenters. The van der Waals surface area contributed by atoms with Gasteiger partial charge >= 0.3 is 0 Å². The van der Waals surface area contributed by atoms with Crippen LogP contribution in [0.4, 0.5) is 13.2 Å². The fourth-order valence-corrected chi connectivity index (χ4v) is 2.93. The van der Waals surface area contributed by atoms with Gasteiger partial charge in [0.05, 0.1) is 0 Å². The number of nitrogens with zero attached hydrogens (tertiary/aromatic N) is 2. The number of halogens is 3. The first-order valence-electron chi connectivity index (χ1n) is 7.36. The Labute approximate surface area is 146 Å². The summed E-state index contributed by atoms with van der Waals surface area (Å²) in [6, 6.07) is 11.0. The van der Waals surface area contributed by atoms with Crippen molar-refractivity contribution >= 4 is 11.8 Å². The average molecular weight is 362 g/mol. The molecule has 0 bridgehead atoms. The number of benzene rings is 2. The first kappa shape index (κ1) is 17.3. The Morgan fingerprint density at radius 2 is 1.76 bits per heavy atom. The molecule has 0 N–H and O–H groups in total. The van der Waals surface area contributed by atoms with Gasteiger partial charge in [0, 0.05) is 23.6 Å². The van der Waals surface area contributed by atoms with E-state index in [0.29, 0.717) is 16.4 Å². The highest BCUT2D eigenvalue weighted by molar-refractivity contribution is 7.98. The number of aromatic nitrogens is 2. The number of ether oxygens (including phenoxy) is 1. The van der Waals surface area contributed by atoms with E-state index in [2.05, 4.69) is 9.97 Å². The van der Waals surface area contributed by atoms with Crippen molar-refractivity contribution in [1.29, 1.82) is 0 Å². The Morgan fingerprint density at radius 3 is 2.52 bits per heavy atom. The highest BCUT2D eigenvalue weighted by Gasteiger charge is 2.10. The highest BCUT2D eigenvalue weighted by Crippen LogP contribution is 2.27. The molecule has 0 aliphatic carbocycles. The van der Waals surface area contributed by atoms with Crippen molar-refractivity contribution in [2.45, 2.75) is 17.8 Å². The SMILES string of the molecule is Cc1cc(Oc2ccccc2F)nc(SCc2ccc(F)cc2F)n1. The molecule has 7 heteroatoms. The summed E-state index contributed by atoms with van der Waals surface area (Å²) in [5, 5.41) is 0.357. The zero-order valence-corrected chi connectivity index (χ0v) is 14.0. The van der Waals surface area contributed by atoms with E-state index in [4.69, 9.17) is 4.74 Å². The second kappa shape index (κ2) is 7.57. The molecule has 3 aromatic rings. The fourth-order valence-electron chi connectivity index (χ4n) is 2.05. The number of hydrogen-bond donors (Lipinski definition) is 0. The van der Waals surface area contributed by atoms with Gasteiger partial charge in [-0.3, -0.25) is 0 Å². The van der Waals surface area contributed by atoms with Gasteiger partial charge in [0.25, 0.3) is 0 Å². The standard InChI is InChI=1S/C18H13F3N2OS/c1-11-8-17(24-16-5-3-2-4-14(16)20)23-18(22-11)25-10-12-6-7-13(19)9-15(12)21/h2-9H,10H2,1H3. The molecule has 128 valence electrons. The molecule has 0 aliphatic rings. The molecule has 1 heterocycles. The van der Waals surface area contributed by atoms with E-state index in [1.165, 1.54) is 36.0 Å². The normalized spacial score (nSPS) is 10.7. The van der Waals surface area contributed by atoms with Gasteiger partial charge in [-0.2, -0.15) is 4.98 Å². The third-order valence-corrected chi connectivity index (χ3v) is 4.13. The lowest BCUT2D eigenvalue weighted by Crippen LogP contribution is -1.97. The van der Waals surface area contributed by atoms with Crippen LogP contribution in [-0.2, 0) is 5.75 Å². The molecule has 0 saturated heterocycles. The fraction of sp³-hybridized carbons (Fsp3) is 0.111. The van der Waals surface area contributed by atoms with Gasteiger partial charge < -0.3 is 4.74 Å². The van der Waals surface area contributed by atoms with Crippen molar-refractivity contribution in [3.8, 4) is 11.6 Å². The molecule has 0 aliphatic heterocycles. The van der Waals surface area contributed by atoms with E-state index in [9.17, 15) is 13.2 Å². The summed E-state index contributed by atoms with van der Waals surface area (Å²) in [6.07, 6.45) is 0. The second-order valence-electron chi connectivity index (χ2n) is 5.19. The molecule has 0 fully saturated rings. The van der Waals surface area contributed by atoms with Crippen LogP contribution in [0, 0.1) is 24.4 Å². The Balaban J connectivity index is 1.76. The summed E-state index contributed by atoms with van der Waals surface area (Å²) in [5.74, 6) is -1.27. The van der Waals surface area contributed by atoms with Gasteiger partial charge in [-0.05, 0) is 30.7 Å². The Kier molecular flexibility index (Phi) is 5.23. The summed E-state index contributed by atoms with van der Waals surface area (Å²) >= 11 is 1.18. The Bertz CT molecular complexity index is 905. The summed E-state index contributed by atoms with van der Waals surface area (Å²) in [4.78, 5) is 8.44. The number of hydrogen-bond acceptors (Lipinski definition) is 4. The van der Waals surface area contributed by atoms with Crippen LogP contribution in [-0.4, -0.2) is 9.97 Å². The molecule has 0 unspecified atom stereocenters. The second-order valence-corrected chi connectivity index (χ2v) is 6.13. The molecule has 3 nitrogen and oxygen atoms in total. The first-order valence-corrected chi connectivity index (χ1v) is 8.34. The monoisotopic (exact) mass is 362 g/mol. The van der Waals surface area contributed by atoms with Gasteiger partial charge in [-0.15, -0.1) is 0 Å². The van der Waals surface area contributed by atoms with Gasteiger partial charge in [0.2, 0.25) is 5.88 Å². The number of thioether (sulfide) groups is 1. The zero-order valence-electron chi connectivity index (χ0n) is 13.2. The van der Waals surface area contributed by atoms with Crippen LogP contribution >= 0.6 is 11.8 Å². The number of aryl methyl sites for hydroxylation is 1. The largest absolute Gasteiger partial charge is 0.436 e. The van der Waals surface area contributed by atoms with Crippen LogP contribution in [0.25, 0.3) is 0 Å². The summed E-state index contributed by atoms with van der Waals surface area (Å²) in [6.45, 7) is 1.75. The maximum Gasteiger partial charge on any atom is 0.223 e. The zero-order chi connectivity index (χ0) is 17.8. The molecule has 0 radical (unpaired) electrons. The molecule has 25 heavy (non-hydrogen) atoms. The van der Waals surface area contributed by atoms with Crippen LogP contribution in [0.2, 0.25) is 0 Å². The third kappa shape index (κ3) is 4.51. The molecule has 3 rings (SSSR count). The molecular formula is C18H13F3N2OS. The average Bonchev–Trinajstić information content (AvgIpc) is 2.56. The highest BCUT2D eigenvalue weighted by atomic mass is 32.2. The van der Waals surface area contributed by atoms with E-state index in [-0.39, 0.29) is 17.4 Å². The van der Waals surface area contributed by atoms with Crippen molar-refractivity contribution in [2.24, 2.45) is 0 Å². The van der Waals surface area contributed by atoms with Crippen molar-refractivity contribution in [3.63, 3.8) is 0 Å². The van der Waals surface area contributed by atoms with E-state index >= 15 is 0 Å². The molecule has 0 saturated carbocycles. The van der Waals surface area contributed by atoms with Crippen LogP contribution in [0.5, 0.6) is 11.6 Å². The van der Waals surface area contributed by atoms with Gasteiger partial charge in [-0.1, -0.05) is 30.0 Å². The van der Waals surface area contributed by atoms with Crippen LogP contribution in [0.1, 0.15) is 11.3 Å². The first-order chi connectivity index (χ1) is 12.0. The molecule has 1 aromatic heterocycles. The predicted octanol–water partition coefficient (Wildman–Crippen LogP) is 5.29. The van der Waals surface area contributed by atoms with Gasteiger partial charge in [0.15, 0.2) is 16.7 Å². The lowest BCUT2D eigenvalue weighted by molar-refractivity contribution is 0.421. The molecule has 0 amide bonds. The number of rotatable bonds is 5. The quantitative estimate of drug-likeness (QED) is 0.456. The minimum atomic E-state index is -0.626. The summed E-state index contributed by atoms with van der Waals surface area (Å²) < 4.78 is 45.8. The van der Waals surface area contributed by atoms with E-state index < -0.39 is 17.5 Å². The lowest BCUT2D eigenvalue weighted by atomic mass is 10.2. The third-order valence-electron chi connectivity index (χ3n) is 3.23. The molecule has 2 aromatic carbocycles. The predicted molar refractivity (Wildman–Crippen MR) is 89.2 cm³/mol. The maximum atomic E-state index is 13.7. The van der Waals surface area contributed by atoms with Gasteiger partial charge in [-0.25, -0.2) is 18.2 Å². The Hall–Kier alpha value is -2.54. The smallest absolute Gasteiger partial charge is 0.223 e. The summed E-state index contributed by atoms with van der Waals surface area (Å²) in [7, 11) is 0. The van der Waals surface area contributed by atoms with Crippen LogP contribution in [0.3, 0.4) is 0 Å². The summed E-state index contributed by atoms with van der Waals surface area (Å²) in [5.41, 5.74) is 0.969. The van der Waals surface area contributed by atoms with Crippen molar-refractivity contribution in [3.05, 3.63) is 77.2 Å². The lowest BCUT2D eigenvalue weighted by Gasteiger charge is -2.08. The van der Waals surface area contributed by atoms with Crippen molar-refractivity contribution < 1.29 is 17.9 Å². The van der Waals surface area contributed by atoms with Crippen LogP contribution in [0.15, 0.2) is 53.7 Å². The maximum absolute atomic E-state index is 13.7. The van der Waals surface area contributed by atoms with Crippen LogP contribution < -0.4 is 4.74 Å². The van der Waals surface area contributed by atoms with E-state index in [1.54, 1.807) is 25.1 Å². The minimum Gasteiger partial charge on any atom is -0.436 e. The Morgan fingerprint density at radius 1 is 0.960 bits per heavy atom. The minimum absolute atomic E-state index is 0.0566. The molecule has 0 spiro atoms. The van der Waals surface area contributed by atoms with Crippen molar-refractivity contribution in [1.82, 2.24) is 9.97 Å². The van der Waals surface area contributed by atoms with Gasteiger partial charge in [0.1, 0.15) is 11.6 Å². The van der Waals surface area contributed by atoms with E-state index in [1.807, 2.05) is 0 Å². The topological polar surface area (TPSA) is 35.0 Å².